The molecule has 2 aromatic rings. The number of sulfonamides is 1. The van der Waals surface area contributed by atoms with Gasteiger partial charge in [0.15, 0.2) is 0 Å². The SMILES string of the molecule is O=C(N1CCC12CCC2)C1(c2ccccc2)CCN(S(=O)(=O)c2ccccc2)CC1. The zero-order valence-corrected chi connectivity index (χ0v) is 18.0. The number of likely N-dealkylation sites (tertiary alicyclic amines) is 1. The van der Waals surface area contributed by atoms with Gasteiger partial charge in [0.1, 0.15) is 0 Å². The van der Waals surface area contributed by atoms with Crippen molar-refractivity contribution >= 4 is 15.9 Å². The van der Waals surface area contributed by atoms with Gasteiger partial charge < -0.3 is 4.90 Å². The number of hydrogen-bond donors (Lipinski definition) is 0. The second-order valence-electron chi connectivity index (χ2n) is 8.95. The molecule has 1 saturated carbocycles. The highest BCUT2D eigenvalue weighted by molar-refractivity contribution is 7.89. The van der Waals surface area contributed by atoms with Crippen molar-refractivity contribution in [3.05, 3.63) is 66.2 Å². The van der Waals surface area contributed by atoms with E-state index in [1.807, 2.05) is 36.4 Å². The van der Waals surface area contributed by atoms with Crippen molar-refractivity contribution in [2.75, 3.05) is 19.6 Å². The van der Waals surface area contributed by atoms with Crippen molar-refractivity contribution < 1.29 is 13.2 Å². The molecule has 30 heavy (non-hydrogen) atoms. The summed E-state index contributed by atoms with van der Waals surface area (Å²) in [6, 6.07) is 18.6. The molecule has 2 heterocycles. The number of benzene rings is 2. The van der Waals surface area contributed by atoms with Gasteiger partial charge in [-0.2, -0.15) is 4.31 Å². The monoisotopic (exact) mass is 424 g/mol. The zero-order valence-electron chi connectivity index (χ0n) is 17.2. The summed E-state index contributed by atoms with van der Waals surface area (Å²) < 4.78 is 27.7. The van der Waals surface area contributed by atoms with Crippen LogP contribution in [-0.4, -0.2) is 48.7 Å². The Bertz CT molecular complexity index is 1020. The standard InChI is InChI=1S/C24H28N2O3S/c27-22(26-19-14-23(26)12-7-13-23)24(20-8-3-1-4-9-20)15-17-25(18-16-24)30(28,29)21-10-5-2-6-11-21/h1-6,8-11H,7,12-19H2. The van der Waals surface area contributed by atoms with Crippen LogP contribution in [-0.2, 0) is 20.2 Å². The number of rotatable bonds is 4. The highest BCUT2D eigenvalue weighted by Gasteiger charge is 2.56. The van der Waals surface area contributed by atoms with Gasteiger partial charge in [0.25, 0.3) is 0 Å². The van der Waals surface area contributed by atoms with E-state index in [2.05, 4.69) is 4.90 Å². The minimum absolute atomic E-state index is 0.0894. The van der Waals surface area contributed by atoms with E-state index in [0.717, 1.165) is 31.4 Å². The van der Waals surface area contributed by atoms with E-state index in [4.69, 9.17) is 0 Å². The lowest BCUT2D eigenvalue weighted by Crippen LogP contribution is -2.69. The van der Waals surface area contributed by atoms with Gasteiger partial charge in [0, 0.05) is 25.2 Å². The van der Waals surface area contributed by atoms with E-state index in [0.29, 0.717) is 30.8 Å². The Balaban J connectivity index is 1.43. The van der Waals surface area contributed by atoms with Crippen molar-refractivity contribution in [3.63, 3.8) is 0 Å². The smallest absolute Gasteiger partial charge is 0.243 e. The summed E-state index contributed by atoms with van der Waals surface area (Å²) in [5.74, 6) is 0.205. The minimum atomic E-state index is -3.54. The van der Waals surface area contributed by atoms with Gasteiger partial charge in [-0.05, 0) is 56.2 Å². The molecule has 1 spiro atoms. The molecule has 0 atom stereocenters. The number of nitrogens with zero attached hydrogens (tertiary/aromatic N) is 2. The second kappa shape index (κ2) is 7.20. The zero-order chi connectivity index (χ0) is 20.8. The molecule has 6 heteroatoms. The van der Waals surface area contributed by atoms with Gasteiger partial charge in [-0.25, -0.2) is 8.42 Å². The normalized spacial score (nSPS) is 22.9. The summed E-state index contributed by atoms with van der Waals surface area (Å²) in [4.78, 5) is 16.3. The molecule has 0 bridgehead atoms. The molecule has 158 valence electrons. The molecule has 0 unspecified atom stereocenters. The average Bonchev–Trinajstić information content (AvgIpc) is 2.73. The summed E-state index contributed by atoms with van der Waals surface area (Å²) in [5.41, 5.74) is 0.479. The van der Waals surface area contributed by atoms with Crippen LogP contribution in [0.2, 0.25) is 0 Å². The molecule has 2 aromatic carbocycles. The first-order valence-corrected chi connectivity index (χ1v) is 12.3. The van der Waals surface area contributed by atoms with Gasteiger partial charge in [0.2, 0.25) is 15.9 Å². The Morgan fingerprint density at radius 1 is 0.767 bits per heavy atom. The lowest BCUT2D eigenvalue weighted by atomic mass is 9.64. The van der Waals surface area contributed by atoms with E-state index >= 15 is 0 Å². The third-order valence-electron chi connectivity index (χ3n) is 7.60. The molecular weight excluding hydrogens is 396 g/mol. The molecule has 1 amide bonds. The third-order valence-corrected chi connectivity index (χ3v) is 9.51. The van der Waals surface area contributed by atoms with Crippen LogP contribution in [0.25, 0.3) is 0 Å². The van der Waals surface area contributed by atoms with Crippen LogP contribution >= 0.6 is 0 Å². The summed E-state index contributed by atoms with van der Waals surface area (Å²) in [5, 5.41) is 0. The van der Waals surface area contributed by atoms with Gasteiger partial charge >= 0.3 is 0 Å². The van der Waals surface area contributed by atoms with Crippen molar-refractivity contribution in [2.24, 2.45) is 0 Å². The van der Waals surface area contributed by atoms with E-state index in [1.165, 1.54) is 6.42 Å². The largest absolute Gasteiger partial charge is 0.336 e. The summed E-state index contributed by atoms with van der Waals surface area (Å²) in [6.45, 7) is 1.55. The highest BCUT2D eigenvalue weighted by Crippen LogP contribution is 2.50. The van der Waals surface area contributed by atoms with E-state index in [9.17, 15) is 13.2 Å². The van der Waals surface area contributed by atoms with Crippen LogP contribution in [0.5, 0.6) is 0 Å². The second-order valence-corrected chi connectivity index (χ2v) is 10.9. The third kappa shape index (κ3) is 2.92. The maximum Gasteiger partial charge on any atom is 0.243 e. The Labute approximate surface area is 178 Å². The molecule has 0 aromatic heterocycles. The molecular formula is C24H28N2O3S. The summed E-state index contributed by atoms with van der Waals surface area (Å²) >= 11 is 0. The Kier molecular flexibility index (Phi) is 4.75. The van der Waals surface area contributed by atoms with Gasteiger partial charge in [-0.3, -0.25) is 4.79 Å². The maximum atomic E-state index is 13.9. The van der Waals surface area contributed by atoms with Crippen LogP contribution in [0.3, 0.4) is 0 Å². The lowest BCUT2D eigenvalue weighted by molar-refractivity contribution is -0.164. The molecule has 2 aliphatic heterocycles. The van der Waals surface area contributed by atoms with Crippen molar-refractivity contribution in [2.45, 2.75) is 54.4 Å². The highest BCUT2D eigenvalue weighted by atomic mass is 32.2. The Hall–Kier alpha value is -2.18. The maximum absolute atomic E-state index is 13.9. The van der Waals surface area contributed by atoms with Crippen molar-refractivity contribution in [1.29, 1.82) is 0 Å². The number of piperidine rings is 1. The molecule has 0 radical (unpaired) electrons. The van der Waals surface area contributed by atoms with E-state index in [-0.39, 0.29) is 11.4 Å². The first kappa shape index (κ1) is 19.8. The van der Waals surface area contributed by atoms with Gasteiger partial charge in [-0.1, -0.05) is 48.5 Å². The van der Waals surface area contributed by atoms with Crippen LogP contribution in [0, 0.1) is 0 Å². The van der Waals surface area contributed by atoms with E-state index in [1.54, 1.807) is 28.6 Å². The molecule has 3 fully saturated rings. The van der Waals surface area contributed by atoms with Crippen LogP contribution < -0.4 is 0 Å². The first-order chi connectivity index (χ1) is 14.5. The Morgan fingerprint density at radius 2 is 1.37 bits per heavy atom. The van der Waals surface area contributed by atoms with Gasteiger partial charge in [-0.15, -0.1) is 0 Å². The van der Waals surface area contributed by atoms with Crippen molar-refractivity contribution in [1.82, 2.24) is 9.21 Å². The minimum Gasteiger partial charge on any atom is -0.336 e. The topological polar surface area (TPSA) is 57.7 Å². The van der Waals surface area contributed by atoms with Crippen LogP contribution in [0.1, 0.15) is 44.1 Å². The molecule has 5 nitrogen and oxygen atoms in total. The Morgan fingerprint density at radius 3 is 1.87 bits per heavy atom. The molecule has 5 rings (SSSR count). The molecule has 0 N–H and O–H groups in total. The molecule has 2 saturated heterocycles. The van der Waals surface area contributed by atoms with Crippen LogP contribution in [0.15, 0.2) is 65.6 Å². The van der Waals surface area contributed by atoms with Gasteiger partial charge in [0.05, 0.1) is 10.3 Å². The predicted octanol–water partition coefficient (Wildman–Crippen LogP) is 3.56. The quantitative estimate of drug-likeness (QED) is 0.754. The number of amides is 1. The van der Waals surface area contributed by atoms with Crippen molar-refractivity contribution in [3.8, 4) is 0 Å². The van der Waals surface area contributed by atoms with Crippen LogP contribution in [0.4, 0.5) is 0 Å². The number of carbonyl (C=O) groups is 1. The average molecular weight is 425 g/mol. The first-order valence-electron chi connectivity index (χ1n) is 10.9. The van der Waals surface area contributed by atoms with E-state index < -0.39 is 15.4 Å². The molecule has 3 aliphatic rings. The summed E-state index contributed by atoms with van der Waals surface area (Å²) in [7, 11) is -3.54. The fourth-order valence-electron chi connectivity index (χ4n) is 5.45. The number of carbonyl (C=O) groups excluding carboxylic acids is 1. The lowest BCUT2D eigenvalue weighted by Gasteiger charge is -2.61. The predicted molar refractivity (Wildman–Crippen MR) is 115 cm³/mol. The summed E-state index contributed by atoms with van der Waals surface area (Å²) in [6.07, 6.45) is 5.57. The fraction of sp³-hybridized carbons (Fsp3) is 0.458. The fourth-order valence-corrected chi connectivity index (χ4v) is 6.92. The molecule has 1 aliphatic carbocycles. The number of hydrogen-bond acceptors (Lipinski definition) is 3.